The molecule has 90 valence electrons. The second kappa shape index (κ2) is 4.10. The topological polar surface area (TPSA) is 46.3 Å². The van der Waals surface area contributed by atoms with E-state index in [-0.39, 0.29) is 0 Å². The van der Waals surface area contributed by atoms with Crippen LogP contribution >= 0.6 is 0 Å². The molecule has 5 nitrogen and oxygen atoms in total. The zero-order chi connectivity index (χ0) is 12.5. The van der Waals surface area contributed by atoms with Crippen molar-refractivity contribution in [2.75, 3.05) is 11.9 Å². The maximum absolute atomic E-state index is 4.39. The maximum atomic E-state index is 4.39. The van der Waals surface area contributed by atoms with Crippen molar-refractivity contribution in [1.82, 2.24) is 19.6 Å². The molecule has 18 heavy (non-hydrogen) atoms. The maximum Gasteiger partial charge on any atom is 0.204 e. The largest absolute Gasteiger partial charge is 0.326 e. The van der Waals surface area contributed by atoms with Gasteiger partial charge in [0.25, 0.3) is 0 Å². The van der Waals surface area contributed by atoms with Crippen molar-refractivity contribution in [2.24, 2.45) is 0 Å². The lowest BCUT2D eigenvalue weighted by molar-refractivity contribution is 1.06. The first kappa shape index (κ1) is 10.7. The van der Waals surface area contributed by atoms with Crippen molar-refractivity contribution >= 4 is 17.2 Å². The summed E-state index contributed by atoms with van der Waals surface area (Å²) in [6.45, 7) is 2.07. The average Bonchev–Trinajstić information content (AvgIpc) is 2.86. The van der Waals surface area contributed by atoms with Gasteiger partial charge in [-0.1, -0.05) is 12.1 Å². The fraction of sp³-hybridized carbons (Fsp3) is 0.154. The highest BCUT2D eigenvalue weighted by Gasteiger charge is 2.11. The molecule has 0 amide bonds. The third kappa shape index (κ3) is 1.69. The minimum Gasteiger partial charge on any atom is -0.326 e. The van der Waals surface area contributed by atoms with E-state index >= 15 is 0 Å². The molecule has 0 unspecified atom stereocenters. The molecule has 0 N–H and O–H groups in total. The van der Waals surface area contributed by atoms with Crippen LogP contribution in [0.3, 0.4) is 0 Å². The molecule has 0 atom stereocenters. The van der Waals surface area contributed by atoms with Gasteiger partial charge in [-0.25, -0.2) is 4.98 Å². The quantitative estimate of drug-likeness (QED) is 0.687. The molecule has 0 radical (unpaired) electrons. The van der Waals surface area contributed by atoms with Gasteiger partial charge in [0.05, 0.1) is 0 Å². The third-order valence-corrected chi connectivity index (χ3v) is 2.90. The van der Waals surface area contributed by atoms with Gasteiger partial charge in [-0.15, -0.1) is 10.2 Å². The van der Waals surface area contributed by atoms with E-state index in [1.54, 1.807) is 12.5 Å². The molecular weight excluding hydrogens is 226 g/mol. The molecule has 0 saturated carbocycles. The zero-order valence-electron chi connectivity index (χ0n) is 10.3. The lowest BCUT2D eigenvalue weighted by Crippen LogP contribution is -2.12. The zero-order valence-corrected chi connectivity index (χ0v) is 10.3. The van der Waals surface area contributed by atoms with Crippen LogP contribution in [0.5, 0.6) is 0 Å². The van der Waals surface area contributed by atoms with Crippen LogP contribution in [0.25, 0.3) is 5.65 Å². The van der Waals surface area contributed by atoms with E-state index in [2.05, 4.69) is 40.3 Å². The predicted octanol–water partition coefficient (Wildman–Crippen LogP) is 2.20. The Morgan fingerprint density at radius 3 is 3.00 bits per heavy atom. The van der Waals surface area contributed by atoms with Crippen molar-refractivity contribution < 1.29 is 0 Å². The minimum absolute atomic E-state index is 0.751. The number of hydrogen-bond acceptors (Lipinski definition) is 4. The van der Waals surface area contributed by atoms with Crippen LogP contribution in [0.1, 0.15) is 5.56 Å². The van der Waals surface area contributed by atoms with Gasteiger partial charge in [0.2, 0.25) is 5.65 Å². The van der Waals surface area contributed by atoms with Gasteiger partial charge in [-0.2, -0.15) is 0 Å². The molecule has 0 spiro atoms. The number of nitrogens with zero attached hydrogens (tertiary/aromatic N) is 5. The van der Waals surface area contributed by atoms with Crippen LogP contribution in [0.15, 0.2) is 43.0 Å². The highest BCUT2D eigenvalue weighted by Crippen LogP contribution is 2.24. The van der Waals surface area contributed by atoms with E-state index in [0.29, 0.717) is 0 Å². The number of anilines is 2. The van der Waals surface area contributed by atoms with Crippen LogP contribution in [0.2, 0.25) is 0 Å². The molecule has 5 heteroatoms. The summed E-state index contributed by atoms with van der Waals surface area (Å²) in [5, 5.41) is 8.00. The van der Waals surface area contributed by atoms with Gasteiger partial charge < -0.3 is 4.90 Å². The van der Waals surface area contributed by atoms with Crippen molar-refractivity contribution in [3.05, 3.63) is 48.5 Å². The highest BCUT2D eigenvalue weighted by molar-refractivity contribution is 5.71. The Labute approximate surface area is 105 Å². The standard InChI is InChI=1S/C13H13N5/c1-10-4-3-5-11(8-10)17(2)12-13-16-15-9-18(13)7-6-14-12/h3-9H,1-2H3. The van der Waals surface area contributed by atoms with E-state index in [1.165, 1.54) is 5.56 Å². The van der Waals surface area contributed by atoms with Crippen molar-refractivity contribution in [3.63, 3.8) is 0 Å². The molecular formula is C13H13N5. The van der Waals surface area contributed by atoms with Crippen molar-refractivity contribution in [2.45, 2.75) is 6.92 Å². The second-order valence-corrected chi connectivity index (χ2v) is 4.21. The number of hydrogen-bond donors (Lipinski definition) is 0. The van der Waals surface area contributed by atoms with Gasteiger partial charge in [0.15, 0.2) is 5.82 Å². The Bertz CT molecular complexity index is 688. The summed E-state index contributed by atoms with van der Waals surface area (Å²) in [7, 11) is 1.98. The fourth-order valence-corrected chi connectivity index (χ4v) is 1.94. The molecule has 0 aliphatic rings. The molecule has 3 rings (SSSR count). The van der Waals surface area contributed by atoms with E-state index in [0.717, 1.165) is 17.2 Å². The highest BCUT2D eigenvalue weighted by atomic mass is 15.3. The lowest BCUT2D eigenvalue weighted by Gasteiger charge is -2.18. The summed E-state index contributed by atoms with van der Waals surface area (Å²) in [5.74, 6) is 0.792. The predicted molar refractivity (Wildman–Crippen MR) is 70.0 cm³/mol. The number of aryl methyl sites for hydroxylation is 1. The Morgan fingerprint density at radius 1 is 1.28 bits per heavy atom. The number of aromatic nitrogens is 4. The number of fused-ring (bicyclic) bond motifs is 1. The number of benzene rings is 1. The summed E-state index contributed by atoms with van der Waals surface area (Å²) < 4.78 is 1.86. The van der Waals surface area contributed by atoms with Crippen LogP contribution < -0.4 is 4.90 Å². The van der Waals surface area contributed by atoms with Crippen LogP contribution in [-0.4, -0.2) is 26.6 Å². The lowest BCUT2D eigenvalue weighted by atomic mass is 10.2. The van der Waals surface area contributed by atoms with Gasteiger partial charge in [0, 0.05) is 25.1 Å². The molecule has 0 fully saturated rings. The Morgan fingerprint density at radius 2 is 2.17 bits per heavy atom. The molecule has 2 aromatic heterocycles. The van der Waals surface area contributed by atoms with Crippen LogP contribution in [-0.2, 0) is 0 Å². The Hall–Kier alpha value is -2.43. The first-order chi connectivity index (χ1) is 8.75. The van der Waals surface area contributed by atoms with Gasteiger partial charge in [0.1, 0.15) is 6.33 Å². The molecule has 0 aliphatic carbocycles. The Balaban J connectivity index is 2.12. The molecule has 0 saturated heterocycles. The normalized spacial score (nSPS) is 10.8. The molecule has 3 aromatic rings. The summed E-state index contributed by atoms with van der Waals surface area (Å²) >= 11 is 0. The van der Waals surface area contributed by atoms with Gasteiger partial charge >= 0.3 is 0 Å². The fourth-order valence-electron chi connectivity index (χ4n) is 1.94. The molecule has 0 bridgehead atoms. The van der Waals surface area contributed by atoms with Crippen LogP contribution in [0.4, 0.5) is 11.5 Å². The van der Waals surface area contributed by atoms with Gasteiger partial charge in [-0.3, -0.25) is 4.40 Å². The van der Waals surface area contributed by atoms with Gasteiger partial charge in [-0.05, 0) is 24.6 Å². The van der Waals surface area contributed by atoms with E-state index in [1.807, 2.05) is 28.6 Å². The summed E-state index contributed by atoms with van der Waals surface area (Å²) in [6, 6.07) is 8.27. The summed E-state index contributed by atoms with van der Waals surface area (Å²) in [5.41, 5.74) is 3.05. The van der Waals surface area contributed by atoms with E-state index in [9.17, 15) is 0 Å². The third-order valence-electron chi connectivity index (χ3n) is 2.90. The first-order valence-electron chi connectivity index (χ1n) is 5.70. The minimum atomic E-state index is 0.751. The molecule has 2 heterocycles. The molecule has 0 aliphatic heterocycles. The Kier molecular flexibility index (Phi) is 2.44. The van der Waals surface area contributed by atoms with Crippen molar-refractivity contribution in [3.8, 4) is 0 Å². The summed E-state index contributed by atoms with van der Waals surface area (Å²) in [6.07, 6.45) is 5.26. The second-order valence-electron chi connectivity index (χ2n) is 4.21. The summed E-state index contributed by atoms with van der Waals surface area (Å²) in [4.78, 5) is 6.40. The van der Waals surface area contributed by atoms with Crippen LogP contribution in [0, 0.1) is 6.92 Å². The van der Waals surface area contributed by atoms with E-state index < -0.39 is 0 Å². The number of rotatable bonds is 2. The molecule has 1 aromatic carbocycles. The van der Waals surface area contributed by atoms with E-state index in [4.69, 9.17) is 0 Å². The SMILES string of the molecule is Cc1cccc(N(C)c2nccn3cnnc23)c1. The monoisotopic (exact) mass is 239 g/mol. The average molecular weight is 239 g/mol. The smallest absolute Gasteiger partial charge is 0.204 e. The van der Waals surface area contributed by atoms with Crippen molar-refractivity contribution in [1.29, 1.82) is 0 Å². The first-order valence-corrected chi connectivity index (χ1v) is 5.70.